The van der Waals surface area contributed by atoms with Gasteiger partial charge in [-0.1, -0.05) is 31.0 Å². The lowest BCUT2D eigenvalue weighted by atomic mass is 9.81. The molecular formula is C20H24FN5OS. The number of thioether (sulfide) groups is 1. The number of halogens is 1. The van der Waals surface area contributed by atoms with E-state index in [0.717, 1.165) is 37.7 Å². The lowest BCUT2D eigenvalue weighted by molar-refractivity contribution is -0.133. The third kappa shape index (κ3) is 3.90. The molecule has 0 radical (unpaired) electrons. The van der Waals surface area contributed by atoms with Gasteiger partial charge in [0.25, 0.3) is 0 Å². The first-order chi connectivity index (χ1) is 13.4. The quantitative estimate of drug-likeness (QED) is 0.713. The predicted molar refractivity (Wildman–Crippen MR) is 106 cm³/mol. The Morgan fingerprint density at radius 1 is 1.29 bits per heavy atom. The molecule has 2 aromatic rings. The smallest absolute Gasteiger partial charge is 0.236 e. The van der Waals surface area contributed by atoms with Crippen LogP contribution in [-0.4, -0.2) is 43.4 Å². The summed E-state index contributed by atoms with van der Waals surface area (Å²) in [6, 6.07) is 8.44. The van der Waals surface area contributed by atoms with Gasteiger partial charge in [0.2, 0.25) is 5.91 Å². The summed E-state index contributed by atoms with van der Waals surface area (Å²) in [5, 5.41) is 18.3. The van der Waals surface area contributed by atoms with Crippen LogP contribution >= 0.6 is 11.8 Å². The Kier molecular flexibility index (Phi) is 6.04. The van der Waals surface area contributed by atoms with Crippen LogP contribution in [0, 0.1) is 17.1 Å². The first-order valence-electron chi connectivity index (χ1n) is 9.39. The standard InChI is InChI=1S/C20H24FN5OS/c1-14(18(27)26(3)20(13-22)11-5-4-6-12-20)28-19-24-23-17(25(19)2)15-7-9-16(21)10-8-15/h7-10,14H,4-6,11-12H2,1-3H3/t14-/m1/s1. The number of nitrogens with zero attached hydrogens (tertiary/aromatic N) is 5. The SMILES string of the molecule is C[C@@H](Sc1nnc(-c2ccc(F)cc2)n1C)C(=O)N(C)C1(C#N)CCCCC1. The number of benzene rings is 1. The van der Waals surface area contributed by atoms with Crippen LogP contribution in [0.2, 0.25) is 0 Å². The van der Waals surface area contributed by atoms with E-state index in [0.29, 0.717) is 11.0 Å². The zero-order valence-electron chi connectivity index (χ0n) is 16.4. The van der Waals surface area contributed by atoms with Crippen LogP contribution in [-0.2, 0) is 11.8 Å². The Morgan fingerprint density at radius 3 is 2.54 bits per heavy atom. The van der Waals surface area contributed by atoms with Gasteiger partial charge in [-0.05, 0) is 44.0 Å². The Balaban J connectivity index is 1.74. The second-order valence-electron chi connectivity index (χ2n) is 7.23. The summed E-state index contributed by atoms with van der Waals surface area (Å²) < 4.78 is 14.9. The molecule has 148 valence electrons. The van der Waals surface area contributed by atoms with Crippen LogP contribution < -0.4 is 0 Å². The molecule has 1 atom stereocenters. The van der Waals surface area contributed by atoms with Crippen molar-refractivity contribution in [3.63, 3.8) is 0 Å². The fraction of sp³-hybridized carbons (Fsp3) is 0.500. The van der Waals surface area contributed by atoms with Gasteiger partial charge in [0, 0.05) is 19.7 Å². The van der Waals surface area contributed by atoms with Gasteiger partial charge in [-0.15, -0.1) is 10.2 Å². The molecule has 0 N–H and O–H groups in total. The molecule has 6 nitrogen and oxygen atoms in total. The van der Waals surface area contributed by atoms with Crippen molar-refractivity contribution in [2.75, 3.05) is 7.05 Å². The molecule has 1 aromatic heterocycles. The highest BCUT2D eigenvalue weighted by molar-refractivity contribution is 8.00. The molecule has 0 spiro atoms. The average molecular weight is 402 g/mol. The number of hydrogen-bond donors (Lipinski definition) is 0. The maximum atomic E-state index is 13.1. The Labute approximate surface area is 168 Å². The Hall–Kier alpha value is -2.40. The highest BCUT2D eigenvalue weighted by atomic mass is 32.2. The van der Waals surface area contributed by atoms with Crippen LogP contribution in [0.1, 0.15) is 39.0 Å². The summed E-state index contributed by atoms with van der Waals surface area (Å²) >= 11 is 1.31. The van der Waals surface area contributed by atoms with Gasteiger partial charge in [-0.25, -0.2) is 4.39 Å². The molecule has 28 heavy (non-hydrogen) atoms. The van der Waals surface area contributed by atoms with Crippen molar-refractivity contribution in [3.8, 4) is 17.5 Å². The fourth-order valence-electron chi connectivity index (χ4n) is 3.62. The third-order valence-electron chi connectivity index (χ3n) is 5.43. The second kappa shape index (κ2) is 8.31. The van der Waals surface area contributed by atoms with E-state index in [9.17, 15) is 14.4 Å². The topological polar surface area (TPSA) is 74.8 Å². The summed E-state index contributed by atoms with van der Waals surface area (Å²) in [5.74, 6) is 0.216. The minimum Gasteiger partial charge on any atom is -0.326 e. The molecule has 0 bridgehead atoms. The van der Waals surface area contributed by atoms with Gasteiger partial charge in [0.05, 0.1) is 11.3 Å². The van der Waals surface area contributed by atoms with E-state index in [1.54, 1.807) is 28.6 Å². The first kappa shape index (κ1) is 20.3. The molecule has 3 rings (SSSR count). The van der Waals surface area contributed by atoms with Crippen molar-refractivity contribution in [1.29, 1.82) is 5.26 Å². The maximum Gasteiger partial charge on any atom is 0.236 e. The number of nitriles is 1. The number of aromatic nitrogens is 3. The largest absolute Gasteiger partial charge is 0.326 e. The van der Waals surface area contributed by atoms with Crippen molar-refractivity contribution in [2.45, 2.75) is 55.0 Å². The van der Waals surface area contributed by atoms with Crippen LogP contribution in [0.3, 0.4) is 0 Å². The van der Waals surface area contributed by atoms with E-state index < -0.39 is 10.8 Å². The molecule has 1 aliphatic carbocycles. The van der Waals surface area contributed by atoms with Crippen LogP contribution in [0.5, 0.6) is 0 Å². The molecule has 8 heteroatoms. The van der Waals surface area contributed by atoms with E-state index in [-0.39, 0.29) is 11.7 Å². The highest BCUT2D eigenvalue weighted by Gasteiger charge is 2.40. The lowest BCUT2D eigenvalue weighted by Gasteiger charge is -2.40. The molecule has 1 aromatic carbocycles. The summed E-state index contributed by atoms with van der Waals surface area (Å²) in [6.07, 6.45) is 4.50. The summed E-state index contributed by atoms with van der Waals surface area (Å²) in [4.78, 5) is 14.6. The molecule has 1 saturated carbocycles. The third-order valence-corrected chi connectivity index (χ3v) is 6.55. The van der Waals surface area contributed by atoms with Crippen LogP contribution in [0.15, 0.2) is 29.4 Å². The van der Waals surface area contributed by atoms with E-state index in [1.807, 2.05) is 14.0 Å². The molecule has 0 aliphatic heterocycles. The Bertz CT molecular complexity index is 883. The first-order valence-corrected chi connectivity index (χ1v) is 10.3. The lowest BCUT2D eigenvalue weighted by Crippen LogP contribution is -2.52. The zero-order chi connectivity index (χ0) is 20.3. The van der Waals surface area contributed by atoms with E-state index in [4.69, 9.17) is 0 Å². The van der Waals surface area contributed by atoms with Gasteiger partial charge in [0.1, 0.15) is 11.4 Å². The number of rotatable bonds is 5. The van der Waals surface area contributed by atoms with Crippen molar-refractivity contribution in [3.05, 3.63) is 30.1 Å². The molecule has 0 saturated heterocycles. The number of carbonyl (C=O) groups is 1. The minimum atomic E-state index is -0.705. The van der Waals surface area contributed by atoms with Crippen molar-refractivity contribution >= 4 is 17.7 Å². The monoisotopic (exact) mass is 401 g/mol. The second-order valence-corrected chi connectivity index (χ2v) is 8.54. The van der Waals surface area contributed by atoms with Crippen LogP contribution in [0.4, 0.5) is 4.39 Å². The van der Waals surface area contributed by atoms with Gasteiger partial charge in [-0.2, -0.15) is 5.26 Å². The number of hydrogen-bond acceptors (Lipinski definition) is 5. The summed E-state index contributed by atoms with van der Waals surface area (Å²) in [5.41, 5.74) is 0.0496. The number of carbonyl (C=O) groups excluding carboxylic acids is 1. The minimum absolute atomic E-state index is 0.0835. The van der Waals surface area contributed by atoms with E-state index >= 15 is 0 Å². The molecular weight excluding hydrogens is 377 g/mol. The summed E-state index contributed by atoms with van der Waals surface area (Å²) in [6.45, 7) is 1.82. The molecule has 1 fully saturated rings. The normalized spacial score (nSPS) is 17.0. The van der Waals surface area contributed by atoms with Crippen molar-refractivity contribution < 1.29 is 9.18 Å². The van der Waals surface area contributed by atoms with Gasteiger partial charge in [0.15, 0.2) is 11.0 Å². The van der Waals surface area contributed by atoms with Crippen molar-refractivity contribution in [2.24, 2.45) is 7.05 Å². The zero-order valence-corrected chi connectivity index (χ0v) is 17.2. The van der Waals surface area contributed by atoms with Gasteiger partial charge >= 0.3 is 0 Å². The maximum absolute atomic E-state index is 13.1. The fourth-order valence-corrected chi connectivity index (χ4v) is 4.53. The molecule has 1 amide bonds. The van der Waals surface area contributed by atoms with Gasteiger partial charge < -0.3 is 9.47 Å². The van der Waals surface area contributed by atoms with Crippen LogP contribution in [0.25, 0.3) is 11.4 Å². The van der Waals surface area contributed by atoms with Gasteiger partial charge in [-0.3, -0.25) is 4.79 Å². The summed E-state index contributed by atoms with van der Waals surface area (Å²) in [7, 11) is 3.55. The molecule has 0 unspecified atom stereocenters. The number of amides is 1. The predicted octanol–water partition coefficient (Wildman–Crippen LogP) is 3.79. The molecule has 1 heterocycles. The van der Waals surface area contributed by atoms with E-state index in [1.165, 1.54) is 23.9 Å². The average Bonchev–Trinajstić information content (AvgIpc) is 3.08. The molecule has 1 aliphatic rings. The van der Waals surface area contributed by atoms with E-state index in [2.05, 4.69) is 16.3 Å². The highest BCUT2D eigenvalue weighted by Crippen LogP contribution is 2.34. The van der Waals surface area contributed by atoms with Crippen molar-refractivity contribution in [1.82, 2.24) is 19.7 Å². The Morgan fingerprint density at radius 2 is 1.93 bits per heavy atom.